The van der Waals surface area contributed by atoms with Crippen molar-refractivity contribution in [2.45, 2.75) is 12.5 Å². The minimum absolute atomic E-state index is 0.115. The van der Waals surface area contributed by atoms with Crippen LogP contribution in [-0.2, 0) is 6.42 Å². The number of carbonyl (C=O) groups excluding carboxylic acids is 1. The van der Waals surface area contributed by atoms with Crippen molar-refractivity contribution in [1.29, 1.82) is 0 Å². The van der Waals surface area contributed by atoms with Gasteiger partial charge >= 0.3 is 0 Å². The summed E-state index contributed by atoms with van der Waals surface area (Å²) in [5, 5.41) is 12.1. The highest BCUT2D eigenvalue weighted by atomic mass is 79.9. The molecule has 0 fully saturated rings. The maximum atomic E-state index is 12.0. The van der Waals surface area contributed by atoms with Gasteiger partial charge in [-0.15, -0.1) is 0 Å². The van der Waals surface area contributed by atoms with Gasteiger partial charge in [0.05, 0.1) is 24.5 Å². The van der Waals surface area contributed by atoms with Gasteiger partial charge in [0.2, 0.25) is 0 Å². The number of aliphatic hydroxyl groups is 1. The summed E-state index contributed by atoms with van der Waals surface area (Å²) in [6, 6.07) is 11.0. The molecule has 1 aromatic heterocycles. The molecule has 1 atom stereocenters. The predicted molar refractivity (Wildman–Crippen MR) is 74.9 cm³/mol. The summed E-state index contributed by atoms with van der Waals surface area (Å²) in [7, 11) is 0. The van der Waals surface area contributed by atoms with Crippen LogP contribution in [0.1, 0.15) is 15.9 Å². The number of hydrogen-bond donors (Lipinski definition) is 2. The van der Waals surface area contributed by atoms with E-state index in [1.165, 1.54) is 6.26 Å². The molecule has 0 spiro atoms. The van der Waals surface area contributed by atoms with Gasteiger partial charge < -0.3 is 14.8 Å². The van der Waals surface area contributed by atoms with E-state index in [4.69, 9.17) is 4.42 Å². The van der Waals surface area contributed by atoms with Crippen molar-refractivity contribution in [1.82, 2.24) is 5.32 Å². The number of amides is 1. The largest absolute Gasteiger partial charge is 0.457 e. The molecule has 1 unspecified atom stereocenters. The molecule has 2 N–H and O–H groups in total. The SMILES string of the molecule is O=C(NC(CO)Cc1ccccc1)c1ccoc1Br. The predicted octanol–water partition coefficient (Wildman–Crippen LogP) is 2.38. The number of nitrogens with one attached hydrogen (secondary N) is 1. The monoisotopic (exact) mass is 323 g/mol. The van der Waals surface area contributed by atoms with E-state index >= 15 is 0 Å². The molecule has 0 aliphatic carbocycles. The van der Waals surface area contributed by atoms with Crippen molar-refractivity contribution in [3.63, 3.8) is 0 Å². The zero-order valence-electron chi connectivity index (χ0n) is 10.2. The Bertz CT molecular complexity index is 539. The zero-order valence-corrected chi connectivity index (χ0v) is 11.8. The summed E-state index contributed by atoms with van der Waals surface area (Å²) < 4.78 is 5.40. The van der Waals surface area contributed by atoms with E-state index < -0.39 is 0 Å². The van der Waals surface area contributed by atoms with Crippen LogP contribution in [0.25, 0.3) is 0 Å². The second-order valence-corrected chi connectivity index (χ2v) is 4.87. The van der Waals surface area contributed by atoms with Gasteiger partial charge in [-0.25, -0.2) is 0 Å². The van der Waals surface area contributed by atoms with Crippen molar-refractivity contribution >= 4 is 21.8 Å². The summed E-state index contributed by atoms with van der Waals surface area (Å²) in [5.41, 5.74) is 1.49. The van der Waals surface area contributed by atoms with E-state index in [1.807, 2.05) is 30.3 Å². The first-order valence-corrected chi connectivity index (χ1v) is 6.68. The van der Waals surface area contributed by atoms with Crippen molar-refractivity contribution in [3.8, 4) is 0 Å². The molecule has 0 aliphatic heterocycles. The Morgan fingerprint density at radius 3 is 2.63 bits per heavy atom. The first-order chi connectivity index (χ1) is 9.20. The molecule has 1 amide bonds. The van der Waals surface area contributed by atoms with Crippen LogP contribution < -0.4 is 5.32 Å². The van der Waals surface area contributed by atoms with Crippen LogP contribution in [0.3, 0.4) is 0 Å². The van der Waals surface area contributed by atoms with E-state index in [0.29, 0.717) is 16.7 Å². The van der Waals surface area contributed by atoms with Gasteiger partial charge in [0.1, 0.15) is 0 Å². The molecular formula is C14H14BrNO3. The van der Waals surface area contributed by atoms with Gasteiger partial charge in [-0.2, -0.15) is 0 Å². The standard InChI is InChI=1S/C14H14BrNO3/c15-13-12(6-7-19-13)14(18)16-11(9-17)8-10-4-2-1-3-5-10/h1-7,11,17H,8-9H2,(H,16,18). The summed E-state index contributed by atoms with van der Waals surface area (Å²) in [6.45, 7) is -0.115. The molecule has 1 heterocycles. The molecule has 19 heavy (non-hydrogen) atoms. The summed E-state index contributed by atoms with van der Waals surface area (Å²) in [5.74, 6) is -0.268. The second-order valence-electron chi connectivity index (χ2n) is 4.15. The average Bonchev–Trinajstić information content (AvgIpc) is 2.85. The van der Waals surface area contributed by atoms with Gasteiger partial charge in [0.15, 0.2) is 4.67 Å². The fraction of sp³-hybridized carbons (Fsp3) is 0.214. The molecule has 2 aromatic rings. The second kappa shape index (κ2) is 6.54. The first-order valence-electron chi connectivity index (χ1n) is 5.89. The highest BCUT2D eigenvalue weighted by Gasteiger charge is 2.17. The smallest absolute Gasteiger partial charge is 0.256 e. The highest BCUT2D eigenvalue weighted by Crippen LogP contribution is 2.17. The van der Waals surface area contributed by atoms with Crippen molar-refractivity contribution in [2.75, 3.05) is 6.61 Å². The lowest BCUT2D eigenvalue weighted by Crippen LogP contribution is -2.39. The van der Waals surface area contributed by atoms with Crippen LogP contribution in [0.15, 0.2) is 51.7 Å². The van der Waals surface area contributed by atoms with Gasteiger partial charge in [-0.05, 0) is 34.0 Å². The van der Waals surface area contributed by atoms with Gasteiger partial charge in [0.25, 0.3) is 5.91 Å². The first kappa shape index (κ1) is 13.8. The summed E-state index contributed by atoms with van der Waals surface area (Å²) in [4.78, 5) is 12.0. The average molecular weight is 324 g/mol. The number of aliphatic hydroxyl groups excluding tert-OH is 1. The van der Waals surface area contributed by atoms with Gasteiger partial charge in [0, 0.05) is 0 Å². The van der Waals surface area contributed by atoms with E-state index in [1.54, 1.807) is 6.07 Å². The lowest BCUT2D eigenvalue weighted by Gasteiger charge is -2.16. The third kappa shape index (κ3) is 3.68. The topological polar surface area (TPSA) is 62.5 Å². The number of carbonyl (C=O) groups is 1. The fourth-order valence-corrected chi connectivity index (χ4v) is 2.20. The molecule has 1 aromatic carbocycles. The molecular weight excluding hydrogens is 310 g/mol. The minimum Gasteiger partial charge on any atom is -0.457 e. The Morgan fingerprint density at radius 2 is 2.05 bits per heavy atom. The fourth-order valence-electron chi connectivity index (χ4n) is 1.78. The van der Waals surface area contributed by atoms with Gasteiger partial charge in [-0.1, -0.05) is 30.3 Å². The van der Waals surface area contributed by atoms with Crippen molar-refractivity contribution in [3.05, 3.63) is 58.5 Å². The number of rotatable bonds is 5. The Balaban J connectivity index is 2.00. The molecule has 4 nitrogen and oxygen atoms in total. The van der Waals surface area contributed by atoms with Crippen LogP contribution in [-0.4, -0.2) is 23.7 Å². The van der Waals surface area contributed by atoms with Crippen LogP contribution in [0.4, 0.5) is 0 Å². The number of benzene rings is 1. The number of halogens is 1. The molecule has 0 bridgehead atoms. The molecule has 0 saturated carbocycles. The van der Waals surface area contributed by atoms with Crippen molar-refractivity contribution < 1.29 is 14.3 Å². The van der Waals surface area contributed by atoms with Gasteiger partial charge in [-0.3, -0.25) is 4.79 Å². The van der Waals surface area contributed by atoms with E-state index in [2.05, 4.69) is 21.2 Å². The van der Waals surface area contributed by atoms with Crippen LogP contribution >= 0.6 is 15.9 Å². The molecule has 100 valence electrons. The third-order valence-electron chi connectivity index (χ3n) is 2.74. The molecule has 5 heteroatoms. The molecule has 0 aliphatic rings. The molecule has 0 radical (unpaired) electrons. The zero-order chi connectivity index (χ0) is 13.7. The highest BCUT2D eigenvalue weighted by molar-refractivity contribution is 9.10. The summed E-state index contributed by atoms with van der Waals surface area (Å²) >= 11 is 3.16. The van der Waals surface area contributed by atoms with Crippen LogP contribution in [0.2, 0.25) is 0 Å². The quantitative estimate of drug-likeness (QED) is 0.888. The van der Waals surface area contributed by atoms with E-state index in [-0.39, 0.29) is 18.6 Å². The Kier molecular flexibility index (Phi) is 4.76. The van der Waals surface area contributed by atoms with Crippen LogP contribution in [0, 0.1) is 0 Å². The lowest BCUT2D eigenvalue weighted by atomic mass is 10.1. The maximum Gasteiger partial charge on any atom is 0.256 e. The number of hydrogen-bond acceptors (Lipinski definition) is 3. The summed E-state index contributed by atoms with van der Waals surface area (Å²) in [6.07, 6.45) is 2.02. The van der Waals surface area contributed by atoms with Crippen molar-refractivity contribution in [2.24, 2.45) is 0 Å². The Labute approximate surface area is 119 Å². The molecule has 2 rings (SSSR count). The Hall–Kier alpha value is -1.59. The van der Waals surface area contributed by atoms with E-state index in [0.717, 1.165) is 5.56 Å². The third-order valence-corrected chi connectivity index (χ3v) is 3.36. The lowest BCUT2D eigenvalue weighted by molar-refractivity contribution is 0.0914. The molecule has 0 saturated heterocycles. The Morgan fingerprint density at radius 1 is 1.32 bits per heavy atom. The van der Waals surface area contributed by atoms with E-state index in [9.17, 15) is 9.90 Å². The normalized spacial score (nSPS) is 12.1. The maximum absolute atomic E-state index is 12.0. The minimum atomic E-state index is -0.323. The number of furan rings is 1. The van der Waals surface area contributed by atoms with Crippen LogP contribution in [0.5, 0.6) is 0 Å².